The van der Waals surface area contributed by atoms with Gasteiger partial charge in [-0.15, -0.1) is 0 Å². The lowest BCUT2D eigenvalue weighted by Crippen LogP contribution is -2.41. The van der Waals surface area contributed by atoms with E-state index in [1.54, 1.807) is 12.1 Å². The fourth-order valence-electron chi connectivity index (χ4n) is 2.73. The van der Waals surface area contributed by atoms with Gasteiger partial charge in [0.1, 0.15) is 5.82 Å². The molecule has 0 atom stereocenters. The highest BCUT2D eigenvalue weighted by molar-refractivity contribution is 5.73. The molecule has 2 aromatic carbocycles. The first-order chi connectivity index (χ1) is 10.3. The van der Waals surface area contributed by atoms with Gasteiger partial charge in [0.25, 0.3) is 0 Å². The van der Waals surface area contributed by atoms with Crippen LogP contribution in [0.4, 0.5) is 21.5 Å². The van der Waals surface area contributed by atoms with Gasteiger partial charge in [0.15, 0.2) is 0 Å². The third-order valence-corrected chi connectivity index (χ3v) is 3.91. The molecule has 1 heterocycles. The molecule has 0 aromatic heterocycles. The normalized spacial score (nSPS) is 14.0. The third-order valence-electron chi connectivity index (χ3n) is 3.91. The van der Waals surface area contributed by atoms with Crippen LogP contribution in [0.3, 0.4) is 0 Å². The molecule has 0 amide bonds. The standard InChI is InChI=1S/C17H20FN3/c1-20-12-13-21(17-9-5-4-8-16(17)20)11-10-19-15-7-3-2-6-14(15)18/h2-9,19H,10-13H2,1H3. The zero-order valence-electron chi connectivity index (χ0n) is 12.2. The van der Waals surface area contributed by atoms with Crippen LogP contribution in [0, 0.1) is 5.82 Å². The number of hydrogen-bond donors (Lipinski definition) is 1. The summed E-state index contributed by atoms with van der Waals surface area (Å²) in [5.74, 6) is -0.198. The topological polar surface area (TPSA) is 18.5 Å². The molecule has 0 bridgehead atoms. The number of fused-ring (bicyclic) bond motifs is 1. The number of likely N-dealkylation sites (N-methyl/N-ethyl adjacent to an activating group) is 1. The van der Waals surface area contributed by atoms with Gasteiger partial charge in [-0.3, -0.25) is 0 Å². The molecule has 0 fully saturated rings. The van der Waals surface area contributed by atoms with Gasteiger partial charge < -0.3 is 15.1 Å². The maximum absolute atomic E-state index is 13.6. The molecule has 1 N–H and O–H groups in total. The minimum Gasteiger partial charge on any atom is -0.381 e. The number of nitrogens with zero attached hydrogens (tertiary/aromatic N) is 2. The lowest BCUT2D eigenvalue weighted by atomic mass is 10.2. The quantitative estimate of drug-likeness (QED) is 0.930. The number of anilines is 3. The van der Waals surface area contributed by atoms with E-state index >= 15 is 0 Å². The Labute approximate surface area is 125 Å². The smallest absolute Gasteiger partial charge is 0.146 e. The summed E-state index contributed by atoms with van der Waals surface area (Å²) in [4.78, 5) is 4.62. The maximum atomic E-state index is 13.6. The van der Waals surface area contributed by atoms with E-state index < -0.39 is 0 Å². The van der Waals surface area contributed by atoms with Crippen molar-refractivity contribution in [3.05, 3.63) is 54.3 Å². The second kappa shape index (κ2) is 6.04. The second-order valence-corrected chi connectivity index (χ2v) is 5.30. The van der Waals surface area contributed by atoms with Crippen molar-refractivity contribution in [3.63, 3.8) is 0 Å². The van der Waals surface area contributed by atoms with Crippen LogP contribution in [0.2, 0.25) is 0 Å². The van der Waals surface area contributed by atoms with Crippen LogP contribution in [0.1, 0.15) is 0 Å². The van der Waals surface area contributed by atoms with Crippen molar-refractivity contribution in [2.75, 3.05) is 48.3 Å². The van der Waals surface area contributed by atoms with Crippen LogP contribution in [0.15, 0.2) is 48.5 Å². The third kappa shape index (κ3) is 2.94. The Bertz CT molecular complexity index is 614. The van der Waals surface area contributed by atoms with Gasteiger partial charge in [0.2, 0.25) is 0 Å². The molecular formula is C17H20FN3. The highest BCUT2D eigenvalue weighted by Crippen LogP contribution is 2.31. The van der Waals surface area contributed by atoms with Crippen molar-refractivity contribution in [3.8, 4) is 0 Å². The van der Waals surface area contributed by atoms with Crippen LogP contribution in [0.25, 0.3) is 0 Å². The fourth-order valence-corrected chi connectivity index (χ4v) is 2.73. The van der Waals surface area contributed by atoms with E-state index in [2.05, 4.69) is 46.4 Å². The summed E-state index contributed by atoms with van der Waals surface area (Å²) >= 11 is 0. The zero-order valence-corrected chi connectivity index (χ0v) is 12.2. The SMILES string of the molecule is CN1CCN(CCNc2ccccc2F)c2ccccc21. The maximum Gasteiger partial charge on any atom is 0.146 e. The Morgan fingerprint density at radius 3 is 2.52 bits per heavy atom. The van der Waals surface area contributed by atoms with Crippen LogP contribution < -0.4 is 15.1 Å². The van der Waals surface area contributed by atoms with Gasteiger partial charge in [-0.25, -0.2) is 4.39 Å². The average Bonchev–Trinajstić information content (AvgIpc) is 2.52. The zero-order chi connectivity index (χ0) is 14.7. The molecule has 1 aliphatic heterocycles. The highest BCUT2D eigenvalue weighted by Gasteiger charge is 2.19. The molecule has 0 radical (unpaired) electrons. The molecule has 110 valence electrons. The molecule has 0 spiro atoms. The van der Waals surface area contributed by atoms with E-state index in [0.717, 1.165) is 26.2 Å². The van der Waals surface area contributed by atoms with Crippen molar-refractivity contribution in [2.24, 2.45) is 0 Å². The molecule has 21 heavy (non-hydrogen) atoms. The average molecular weight is 285 g/mol. The summed E-state index contributed by atoms with van der Waals surface area (Å²) < 4.78 is 13.6. The van der Waals surface area contributed by atoms with Gasteiger partial charge in [-0.2, -0.15) is 0 Å². The molecule has 0 aliphatic carbocycles. The first kappa shape index (κ1) is 13.7. The number of hydrogen-bond acceptors (Lipinski definition) is 3. The molecular weight excluding hydrogens is 265 g/mol. The Balaban J connectivity index is 1.64. The summed E-state index contributed by atoms with van der Waals surface area (Å²) in [5, 5.41) is 3.17. The molecule has 3 nitrogen and oxygen atoms in total. The van der Waals surface area contributed by atoms with Crippen molar-refractivity contribution in [1.82, 2.24) is 0 Å². The van der Waals surface area contributed by atoms with Gasteiger partial charge in [0.05, 0.1) is 17.1 Å². The van der Waals surface area contributed by atoms with Crippen LogP contribution in [0.5, 0.6) is 0 Å². The first-order valence-corrected chi connectivity index (χ1v) is 7.29. The first-order valence-electron chi connectivity index (χ1n) is 7.29. The highest BCUT2D eigenvalue weighted by atomic mass is 19.1. The molecule has 4 heteroatoms. The number of benzene rings is 2. The lowest BCUT2D eigenvalue weighted by Gasteiger charge is -2.37. The number of nitrogens with one attached hydrogen (secondary N) is 1. The molecule has 0 saturated carbocycles. The van der Waals surface area contributed by atoms with E-state index in [1.165, 1.54) is 17.4 Å². The summed E-state index contributed by atoms with van der Waals surface area (Å²) in [6.45, 7) is 3.58. The van der Waals surface area contributed by atoms with Gasteiger partial charge in [-0.1, -0.05) is 24.3 Å². The lowest BCUT2D eigenvalue weighted by molar-refractivity contribution is 0.629. The number of rotatable bonds is 4. The predicted octanol–water partition coefficient (Wildman–Crippen LogP) is 3.19. The molecule has 2 aromatic rings. The van der Waals surface area contributed by atoms with Crippen LogP contribution in [-0.2, 0) is 0 Å². The largest absolute Gasteiger partial charge is 0.381 e. The Hall–Kier alpha value is -2.23. The van der Waals surface area contributed by atoms with Gasteiger partial charge in [0, 0.05) is 33.2 Å². The van der Waals surface area contributed by atoms with E-state index in [4.69, 9.17) is 0 Å². The number of para-hydroxylation sites is 3. The van der Waals surface area contributed by atoms with Crippen LogP contribution in [-0.4, -0.2) is 33.2 Å². The molecule has 0 saturated heterocycles. The Kier molecular flexibility index (Phi) is 3.95. The molecule has 0 unspecified atom stereocenters. The minimum atomic E-state index is -0.198. The fraction of sp³-hybridized carbons (Fsp3) is 0.294. The van der Waals surface area contributed by atoms with E-state index in [1.807, 2.05) is 6.07 Å². The number of halogens is 1. The van der Waals surface area contributed by atoms with Crippen molar-refractivity contribution in [1.29, 1.82) is 0 Å². The summed E-state index contributed by atoms with van der Waals surface area (Å²) in [6, 6.07) is 15.2. The minimum absolute atomic E-state index is 0.198. The summed E-state index contributed by atoms with van der Waals surface area (Å²) in [7, 11) is 2.12. The second-order valence-electron chi connectivity index (χ2n) is 5.30. The summed E-state index contributed by atoms with van der Waals surface area (Å²) in [6.07, 6.45) is 0. The van der Waals surface area contributed by atoms with E-state index in [0.29, 0.717) is 5.69 Å². The Morgan fingerprint density at radius 2 is 1.71 bits per heavy atom. The van der Waals surface area contributed by atoms with Crippen molar-refractivity contribution in [2.45, 2.75) is 0 Å². The van der Waals surface area contributed by atoms with Crippen molar-refractivity contribution < 1.29 is 4.39 Å². The predicted molar refractivity (Wildman–Crippen MR) is 86.8 cm³/mol. The van der Waals surface area contributed by atoms with E-state index in [9.17, 15) is 4.39 Å². The van der Waals surface area contributed by atoms with Crippen molar-refractivity contribution >= 4 is 17.1 Å². The van der Waals surface area contributed by atoms with Crippen LogP contribution >= 0.6 is 0 Å². The summed E-state index contributed by atoms with van der Waals surface area (Å²) in [5.41, 5.74) is 3.08. The van der Waals surface area contributed by atoms with E-state index in [-0.39, 0.29) is 5.82 Å². The van der Waals surface area contributed by atoms with Gasteiger partial charge >= 0.3 is 0 Å². The molecule has 1 aliphatic rings. The molecule has 3 rings (SSSR count). The monoisotopic (exact) mass is 285 g/mol. The van der Waals surface area contributed by atoms with Gasteiger partial charge in [-0.05, 0) is 24.3 Å². The Morgan fingerprint density at radius 1 is 1.00 bits per heavy atom.